The third-order valence-corrected chi connectivity index (χ3v) is 5.15. The van der Waals surface area contributed by atoms with Gasteiger partial charge in [-0.1, -0.05) is 43.3 Å². The summed E-state index contributed by atoms with van der Waals surface area (Å²) >= 11 is 0. The maximum atomic E-state index is 12.3. The summed E-state index contributed by atoms with van der Waals surface area (Å²) in [7, 11) is -3.60. The van der Waals surface area contributed by atoms with E-state index in [4.69, 9.17) is 0 Å². The maximum absolute atomic E-state index is 12.3. The smallest absolute Gasteiger partial charge is 0.240 e. The lowest BCUT2D eigenvalue weighted by Gasteiger charge is -2.08. The van der Waals surface area contributed by atoms with Gasteiger partial charge in [0.05, 0.1) is 4.90 Å². The van der Waals surface area contributed by atoms with E-state index in [-0.39, 0.29) is 10.7 Å². The monoisotopic (exact) mass is 331 g/mol. The number of rotatable bonds is 7. The first kappa shape index (κ1) is 17.4. The van der Waals surface area contributed by atoms with E-state index in [1.807, 2.05) is 12.1 Å². The Kier molecular flexibility index (Phi) is 5.69. The minimum absolute atomic E-state index is 0.117. The molecule has 122 valence electrons. The van der Waals surface area contributed by atoms with Crippen molar-refractivity contribution in [2.24, 2.45) is 0 Å². The third-order valence-electron chi connectivity index (χ3n) is 3.69. The van der Waals surface area contributed by atoms with Crippen LogP contribution in [0.3, 0.4) is 0 Å². The van der Waals surface area contributed by atoms with Crippen molar-refractivity contribution < 1.29 is 13.2 Å². The first-order valence-corrected chi connectivity index (χ1v) is 9.09. The van der Waals surface area contributed by atoms with E-state index in [1.54, 1.807) is 12.1 Å². The second-order valence-electron chi connectivity index (χ2n) is 5.40. The highest BCUT2D eigenvalue weighted by Crippen LogP contribution is 2.12. The van der Waals surface area contributed by atoms with E-state index >= 15 is 0 Å². The number of nitrogens with one attached hydrogen (secondary N) is 1. The molecular formula is C18H21NO3S. The van der Waals surface area contributed by atoms with E-state index in [2.05, 4.69) is 23.8 Å². The molecule has 0 atom stereocenters. The second kappa shape index (κ2) is 7.53. The summed E-state index contributed by atoms with van der Waals surface area (Å²) < 4.78 is 27.1. The van der Waals surface area contributed by atoms with Gasteiger partial charge in [-0.3, -0.25) is 4.79 Å². The Labute approximate surface area is 137 Å². The van der Waals surface area contributed by atoms with Crippen LogP contribution < -0.4 is 4.72 Å². The number of hydrogen-bond donors (Lipinski definition) is 1. The molecule has 0 aliphatic rings. The Hall–Kier alpha value is -1.98. The highest BCUT2D eigenvalue weighted by molar-refractivity contribution is 7.89. The lowest BCUT2D eigenvalue weighted by atomic mass is 10.1. The average molecular weight is 331 g/mol. The Morgan fingerprint density at radius 2 is 1.70 bits per heavy atom. The molecule has 2 rings (SSSR count). The number of aryl methyl sites for hydroxylation is 1. The van der Waals surface area contributed by atoms with Gasteiger partial charge in [0.2, 0.25) is 10.0 Å². The summed E-state index contributed by atoms with van der Waals surface area (Å²) in [5.41, 5.74) is 2.74. The van der Waals surface area contributed by atoms with Crippen molar-refractivity contribution in [2.75, 3.05) is 6.54 Å². The molecule has 5 heteroatoms. The Balaban J connectivity index is 2.01. The highest BCUT2D eigenvalue weighted by Gasteiger charge is 2.14. The molecule has 0 saturated carbocycles. The van der Waals surface area contributed by atoms with Crippen LogP contribution in [-0.4, -0.2) is 20.7 Å². The predicted molar refractivity (Wildman–Crippen MR) is 91.2 cm³/mol. The Morgan fingerprint density at radius 3 is 2.30 bits per heavy atom. The summed E-state index contributed by atoms with van der Waals surface area (Å²) in [5.74, 6) is -0.155. The van der Waals surface area contributed by atoms with Crippen LogP contribution >= 0.6 is 0 Å². The van der Waals surface area contributed by atoms with E-state index in [9.17, 15) is 13.2 Å². The molecular weight excluding hydrogens is 310 g/mol. The number of benzene rings is 2. The van der Waals surface area contributed by atoms with E-state index < -0.39 is 10.0 Å². The van der Waals surface area contributed by atoms with Crippen molar-refractivity contribution in [1.29, 1.82) is 0 Å². The van der Waals surface area contributed by atoms with Gasteiger partial charge in [-0.15, -0.1) is 0 Å². The Bertz CT molecular complexity index is 780. The van der Waals surface area contributed by atoms with E-state index in [0.29, 0.717) is 18.5 Å². The first-order valence-electron chi connectivity index (χ1n) is 7.61. The first-order chi connectivity index (χ1) is 10.9. The van der Waals surface area contributed by atoms with Crippen molar-refractivity contribution in [3.8, 4) is 0 Å². The molecule has 0 heterocycles. The topological polar surface area (TPSA) is 63.2 Å². The van der Waals surface area contributed by atoms with Gasteiger partial charge in [0.25, 0.3) is 0 Å². The fraction of sp³-hybridized carbons (Fsp3) is 0.278. The molecule has 1 N–H and O–H groups in total. The number of carbonyl (C=O) groups excluding carboxylic acids is 1. The van der Waals surface area contributed by atoms with Gasteiger partial charge in [0, 0.05) is 12.1 Å². The molecule has 0 amide bonds. The number of hydrogen-bond acceptors (Lipinski definition) is 3. The fourth-order valence-corrected chi connectivity index (χ4v) is 3.31. The standard InChI is InChI=1S/C18H21NO3S/c1-3-15-7-9-16(10-8-15)11-12-19-23(21,22)18-6-4-5-17(13-18)14(2)20/h4-10,13,19H,3,11-12H2,1-2H3. The molecule has 0 aromatic heterocycles. The number of carbonyl (C=O) groups is 1. The van der Waals surface area contributed by atoms with Crippen LogP contribution in [0.25, 0.3) is 0 Å². The van der Waals surface area contributed by atoms with Crippen LogP contribution in [0.1, 0.15) is 35.3 Å². The summed E-state index contributed by atoms with van der Waals surface area (Å²) in [6.45, 7) is 3.83. The summed E-state index contributed by atoms with van der Waals surface area (Å²) in [5, 5.41) is 0. The second-order valence-corrected chi connectivity index (χ2v) is 7.17. The molecule has 23 heavy (non-hydrogen) atoms. The van der Waals surface area contributed by atoms with E-state index in [0.717, 1.165) is 12.0 Å². The average Bonchev–Trinajstić information content (AvgIpc) is 2.55. The van der Waals surface area contributed by atoms with Gasteiger partial charge < -0.3 is 0 Å². The third kappa shape index (κ3) is 4.74. The predicted octanol–water partition coefficient (Wildman–Crippen LogP) is 2.97. The van der Waals surface area contributed by atoms with Crippen LogP contribution in [0.4, 0.5) is 0 Å². The largest absolute Gasteiger partial charge is 0.295 e. The summed E-state index contributed by atoms with van der Waals surface area (Å²) in [4.78, 5) is 11.5. The van der Waals surface area contributed by atoms with Gasteiger partial charge >= 0.3 is 0 Å². The van der Waals surface area contributed by atoms with Crippen molar-refractivity contribution >= 4 is 15.8 Å². The SMILES string of the molecule is CCc1ccc(CCNS(=O)(=O)c2cccc(C(C)=O)c2)cc1. The van der Waals surface area contributed by atoms with Gasteiger partial charge in [-0.2, -0.15) is 0 Å². The number of ketones is 1. The molecule has 0 saturated heterocycles. The molecule has 0 unspecified atom stereocenters. The van der Waals surface area contributed by atoms with Crippen LogP contribution in [0.2, 0.25) is 0 Å². The van der Waals surface area contributed by atoms with Gasteiger partial charge in [0.1, 0.15) is 0 Å². The zero-order chi connectivity index (χ0) is 16.9. The number of sulfonamides is 1. The van der Waals surface area contributed by atoms with E-state index in [1.165, 1.54) is 24.6 Å². The molecule has 0 bridgehead atoms. The fourth-order valence-electron chi connectivity index (χ4n) is 2.24. The molecule has 0 aliphatic heterocycles. The maximum Gasteiger partial charge on any atom is 0.240 e. The van der Waals surface area contributed by atoms with Crippen LogP contribution in [-0.2, 0) is 22.9 Å². The van der Waals surface area contributed by atoms with Gasteiger partial charge in [-0.05, 0) is 43.0 Å². The molecule has 2 aromatic carbocycles. The minimum atomic E-state index is -3.60. The van der Waals surface area contributed by atoms with Gasteiger partial charge in [-0.25, -0.2) is 13.1 Å². The van der Waals surface area contributed by atoms with Crippen molar-refractivity contribution in [3.63, 3.8) is 0 Å². The highest BCUT2D eigenvalue weighted by atomic mass is 32.2. The number of Topliss-reactive ketones (excluding diaryl/α,β-unsaturated/α-hetero) is 1. The Morgan fingerprint density at radius 1 is 1.04 bits per heavy atom. The normalized spacial score (nSPS) is 11.4. The molecule has 2 aromatic rings. The van der Waals surface area contributed by atoms with Crippen LogP contribution in [0.15, 0.2) is 53.4 Å². The summed E-state index contributed by atoms with van der Waals surface area (Å²) in [6, 6.07) is 14.2. The van der Waals surface area contributed by atoms with Crippen molar-refractivity contribution in [2.45, 2.75) is 31.6 Å². The molecule has 0 aliphatic carbocycles. The zero-order valence-electron chi connectivity index (χ0n) is 13.4. The molecule has 4 nitrogen and oxygen atoms in total. The molecule has 0 radical (unpaired) electrons. The van der Waals surface area contributed by atoms with Gasteiger partial charge in [0.15, 0.2) is 5.78 Å². The summed E-state index contributed by atoms with van der Waals surface area (Å²) in [6.07, 6.45) is 1.61. The molecule has 0 fully saturated rings. The lowest BCUT2D eigenvalue weighted by Crippen LogP contribution is -2.26. The quantitative estimate of drug-likeness (QED) is 0.793. The van der Waals surface area contributed by atoms with Crippen molar-refractivity contribution in [1.82, 2.24) is 4.72 Å². The lowest BCUT2D eigenvalue weighted by molar-refractivity contribution is 0.101. The minimum Gasteiger partial charge on any atom is -0.295 e. The van der Waals surface area contributed by atoms with Crippen LogP contribution in [0.5, 0.6) is 0 Å². The zero-order valence-corrected chi connectivity index (χ0v) is 14.2. The van der Waals surface area contributed by atoms with Crippen LogP contribution in [0, 0.1) is 0 Å². The molecule has 0 spiro atoms. The van der Waals surface area contributed by atoms with Crippen molar-refractivity contribution in [3.05, 3.63) is 65.2 Å².